The number of rotatable bonds is 3. The van der Waals surface area contributed by atoms with Crippen molar-refractivity contribution >= 4 is 11.8 Å². The average molecular weight is 409 g/mol. The number of hydrogen-bond acceptors (Lipinski definition) is 5. The monoisotopic (exact) mass is 409 g/mol. The van der Waals surface area contributed by atoms with Gasteiger partial charge in [-0.15, -0.1) is 0 Å². The van der Waals surface area contributed by atoms with E-state index in [4.69, 9.17) is 4.74 Å². The largest absolute Gasteiger partial charge is 0.466 e. The van der Waals surface area contributed by atoms with Crippen molar-refractivity contribution in [2.45, 2.75) is 39.5 Å². The molecular weight excluding hydrogens is 385 g/mol. The lowest BCUT2D eigenvalue weighted by Crippen LogP contribution is -2.38. The van der Waals surface area contributed by atoms with Gasteiger partial charge in [0.05, 0.1) is 30.5 Å². The summed E-state index contributed by atoms with van der Waals surface area (Å²) in [6.07, 6.45) is 2.71. The summed E-state index contributed by atoms with van der Waals surface area (Å²) in [5.41, 5.74) is 4.31. The van der Waals surface area contributed by atoms with Crippen LogP contribution in [0.15, 0.2) is 53.0 Å². The Labute approximate surface area is 174 Å². The van der Waals surface area contributed by atoms with Crippen LogP contribution in [0, 0.1) is 11.2 Å². The molecule has 1 unspecified atom stereocenters. The highest BCUT2D eigenvalue weighted by atomic mass is 19.1. The van der Waals surface area contributed by atoms with Crippen LogP contribution < -0.4 is 5.32 Å². The Morgan fingerprint density at radius 1 is 1.23 bits per heavy atom. The Hall–Kier alpha value is -3.22. The summed E-state index contributed by atoms with van der Waals surface area (Å²) in [6.45, 7) is 5.93. The first kappa shape index (κ1) is 20.1. The van der Waals surface area contributed by atoms with Crippen molar-refractivity contribution in [2.75, 3.05) is 7.11 Å². The molecule has 2 N–H and O–H groups in total. The maximum atomic E-state index is 13.4. The lowest BCUT2D eigenvalue weighted by molar-refractivity contribution is -0.136. The first-order valence-electron chi connectivity index (χ1n) is 9.83. The maximum absolute atomic E-state index is 13.4. The molecule has 4 rings (SSSR count). The molecule has 0 saturated heterocycles. The number of H-pyrrole nitrogens is 1. The summed E-state index contributed by atoms with van der Waals surface area (Å²) in [4.78, 5) is 26.0. The Kier molecular flexibility index (Phi) is 4.84. The van der Waals surface area contributed by atoms with Gasteiger partial charge < -0.3 is 10.1 Å². The molecule has 1 aromatic carbocycles. The average Bonchev–Trinajstić information content (AvgIpc) is 3.15. The van der Waals surface area contributed by atoms with E-state index in [0.29, 0.717) is 40.9 Å². The number of allylic oxidation sites excluding steroid dienone is 3. The van der Waals surface area contributed by atoms with Crippen LogP contribution in [0.5, 0.6) is 0 Å². The number of dihydropyridines is 1. The fourth-order valence-corrected chi connectivity index (χ4v) is 4.49. The Bertz CT molecular complexity index is 1090. The normalized spacial score (nSPS) is 20.7. The first-order valence-corrected chi connectivity index (χ1v) is 9.83. The number of hydrogen-bond donors (Lipinski definition) is 2. The van der Waals surface area contributed by atoms with Crippen molar-refractivity contribution in [3.05, 3.63) is 64.4 Å². The Balaban J connectivity index is 1.92. The molecule has 2 aliphatic rings. The molecule has 0 amide bonds. The highest BCUT2D eigenvalue weighted by Gasteiger charge is 2.44. The van der Waals surface area contributed by atoms with Crippen LogP contribution in [0.3, 0.4) is 0 Å². The zero-order valence-corrected chi connectivity index (χ0v) is 17.4. The number of nitrogens with one attached hydrogen (secondary N) is 2. The number of aromatic amines is 1. The highest BCUT2D eigenvalue weighted by Crippen LogP contribution is 2.48. The van der Waals surface area contributed by atoms with Gasteiger partial charge in [0.25, 0.3) is 0 Å². The highest BCUT2D eigenvalue weighted by molar-refractivity contribution is 6.04. The predicted octanol–water partition coefficient (Wildman–Crippen LogP) is 3.99. The third kappa shape index (κ3) is 3.34. The van der Waals surface area contributed by atoms with E-state index in [1.807, 2.05) is 6.92 Å². The minimum Gasteiger partial charge on any atom is -0.466 e. The van der Waals surface area contributed by atoms with Crippen molar-refractivity contribution in [3.63, 3.8) is 0 Å². The molecular formula is C23H24FN3O3. The predicted molar refractivity (Wildman–Crippen MR) is 110 cm³/mol. The minimum absolute atomic E-state index is 0.00101. The van der Waals surface area contributed by atoms with E-state index >= 15 is 0 Å². The molecule has 0 spiro atoms. The maximum Gasteiger partial charge on any atom is 0.336 e. The molecule has 1 aromatic heterocycles. The smallest absolute Gasteiger partial charge is 0.336 e. The van der Waals surface area contributed by atoms with Gasteiger partial charge in [0, 0.05) is 34.5 Å². The van der Waals surface area contributed by atoms with Gasteiger partial charge in [0.2, 0.25) is 0 Å². The van der Waals surface area contributed by atoms with Gasteiger partial charge in [-0.25, -0.2) is 9.18 Å². The number of benzene rings is 1. The fourth-order valence-electron chi connectivity index (χ4n) is 4.49. The van der Waals surface area contributed by atoms with E-state index in [-0.39, 0.29) is 17.0 Å². The van der Waals surface area contributed by atoms with Gasteiger partial charge in [0.15, 0.2) is 5.78 Å². The van der Waals surface area contributed by atoms with E-state index < -0.39 is 11.9 Å². The summed E-state index contributed by atoms with van der Waals surface area (Å²) < 4.78 is 18.5. The molecule has 7 heteroatoms. The SMILES string of the molecule is COC(=O)C1=C(C)NC2=C(C(=O)CC(C)(C)C2)C1c1cn[nH]c1-c1ccc(F)cc1. The van der Waals surface area contributed by atoms with Gasteiger partial charge in [-0.3, -0.25) is 9.89 Å². The topological polar surface area (TPSA) is 84.1 Å². The van der Waals surface area contributed by atoms with Crippen molar-refractivity contribution in [1.29, 1.82) is 0 Å². The van der Waals surface area contributed by atoms with Crippen LogP contribution in [0.25, 0.3) is 11.3 Å². The number of halogens is 1. The molecule has 0 radical (unpaired) electrons. The Morgan fingerprint density at radius 3 is 2.60 bits per heavy atom. The lowest BCUT2D eigenvalue weighted by Gasteiger charge is -2.39. The number of Topliss-reactive ketones (excluding diaryl/α,β-unsaturated/α-hetero) is 1. The van der Waals surface area contributed by atoms with Gasteiger partial charge in [0.1, 0.15) is 5.82 Å². The number of aromatic nitrogens is 2. The van der Waals surface area contributed by atoms with Gasteiger partial charge >= 0.3 is 5.97 Å². The quantitative estimate of drug-likeness (QED) is 0.749. The molecule has 0 saturated carbocycles. The van der Waals surface area contributed by atoms with Crippen molar-refractivity contribution in [2.24, 2.45) is 5.41 Å². The zero-order chi connectivity index (χ0) is 21.6. The van der Waals surface area contributed by atoms with Crippen LogP contribution in [-0.4, -0.2) is 29.1 Å². The second kappa shape index (κ2) is 7.23. The summed E-state index contributed by atoms with van der Waals surface area (Å²) in [5.74, 6) is -1.46. The number of carbonyl (C=O) groups excluding carboxylic acids is 2. The van der Waals surface area contributed by atoms with Crippen LogP contribution in [-0.2, 0) is 14.3 Å². The van der Waals surface area contributed by atoms with Crippen LogP contribution in [0.2, 0.25) is 0 Å². The fraction of sp³-hybridized carbons (Fsp3) is 0.348. The van der Waals surface area contributed by atoms with Crippen LogP contribution >= 0.6 is 0 Å². The minimum atomic E-state index is -0.615. The van der Waals surface area contributed by atoms with Gasteiger partial charge in [-0.1, -0.05) is 13.8 Å². The zero-order valence-electron chi connectivity index (χ0n) is 17.4. The number of ketones is 1. The lowest BCUT2D eigenvalue weighted by atomic mass is 9.68. The number of methoxy groups -OCH3 is 1. The van der Waals surface area contributed by atoms with Crippen molar-refractivity contribution < 1.29 is 18.7 Å². The molecule has 1 aliphatic carbocycles. The summed E-state index contributed by atoms with van der Waals surface area (Å²) >= 11 is 0. The molecule has 30 heavy (non-hydrogen) atoms. The number of esters is 1. The van der Waals surface area contributed by atoms with E-state index in [0.717, 1.165) is 11.3 Å². The van der Waals surface area contributed by atoms with E-state index in [1.54, 1.807) is 18.3 Å². The van der Waals surface area contributed by atoms with Crippen LogP contribution in [0.4, 0.5) is 4.39 Å². The summed E-state index contributed by atoms with van der Waals surface area (Å²) in [5, 5.41) is 10.4. The molecule has 156 valence electrons. The third-order valence-corrected chi connectivity index (χ3v) is 5.76. The molecule has 2 aromatic rings. The third-order valence-electron chi connectivity index (χ3n) is 5.76. The number of ether oxygens (including phenoxy) is 1. The standard InChI is InChI=1S/C23H24FN3O3/c1-12-18(22(29)30-4)19(20-16(26-12)9-23(2,3)10-17(20)28)15-11-25-27-21(15)13-5-7-14(24)8-6-13/h5-8,11,19,26H,9-10H2,1-4H3,(H,25,27). The van der Waals surface area contributed by atoms with Crippen molar-refractivity contribution in [1.82, 2.24) is 15.5 Å². The van der Waals surface area contributed by atoms with Gasteiger partial charge in [-0.05, 0) is 43.0 Å². The molecule has 1 aliphatic heterocycles. The van der Waals surface area contributed by atoms with E-state index in [2.05, 4.69) is 29.4 Å². The van der Waals surface area contributed by atoms with Crippen LogP contribution in [0.1, 0.15) is 45.1 Å². The van der Waals surface area contributed by atoms with Crippen molar-refractivity contribution in [3.8, 4) is 11.3 Å². The number of carbonyl (C=O) groups is 2. The summed E-state index contributed by atoms with van der Waals surface area (Å²) in [6, 6.07) is 6.01. The second-order valence-corrected chi connectivity index (χ2v) is 8.63. The molecule has 6 nitrogen and oxygen atoms in total. The molecule has 0 fully saturated rings. The van der Waals surface area contributed by atoms with Gasteiger partial charge in [-0.2, -0.15) is 5.10 Å². The first-order chi connectivity index (χ1) is 14.2. The van der Waals surface area contributed by atoms with E-state index in [9.17, 15) is 14.0 Å². The molecule has 2 heterocycles. The Morgan fingerprint density at radius 2 is 1.93 bits per heavy atom. The summed E-state index contributed by atoms with van der Waals surface area (Å²) in [7, 11) is 1.33. The molecule has 0 bridgehead atoms. The molecule has 1 atom stereocenters. The number of nitrogens with zero attached hydrogens (tertiary/aromatic N) is 1. The van der Waals surface area contributed by atoms with E-state index in [1.165, 1.54) is 19.2 Å². The second-order valence-electron chi connectivity index (χ2n) is 8.63.